The molecule has 3 aromatic rings. The zero-order valence-corrected chi connectivity index (χ0v) is 16.0. The van der Waals surface area contributed by atoms with Gasteiger partial charge in [0.1, 0.15) is 24.2 Å². The van der Waals surface area contributed by atoms with Crippen LogP contribution in [0.2, 0.25) is 0 Å². The van der Waals surface area contributed by atoms with Crippen molar-refractivity contribution < 1.29 is 14.1 Å². The van der Waals surface area contributed by atoms with Crippen molar-refractivity contribution in [3.05, 3.63) is 47.9 Å². The van der Waals surface area contributed by atoms with Crippen molar-refractivity contribution in [3.8, 4) is 11.4 Å². The van der Waals surface area contributed by atoms with E-state index in [0.717, 1.165) is 35.5 Å². The number of benzene rings is 1. The number of hydrogen-bond donors (Lipinski definition) is 1. The van der Waals surface area contributed by atoms with Gasteiger partial charge in [-0.05, 0) is 44.9 Å². The van der Waals surface area contributed by atoms with Crippen LogP contribution in [-0.4, -0.2) is 44.5 Å². The summed E-state index contributed by atoms with van der Waals surface area (Å²) in [6.07, 6.45) is 5.01. The third-order valence-corrected chi connectivity index (χ3v) is 5.08. The third kappa shape index (κ3) is 3.19. The minimum Gasteiger partial charge on any atom is -0.495 e. The average Bonchev–Trinajstić information content (AvgIpc) is 3.43. The first-order chi connectivity index (χ1) is 13.6. The molecule has 3 heterocycles. The lowest BCUT2D eigenvalue weighted by Gasteiger charge is -2.25. The summed E-state index contributed by atoms with van der Waals surface area (Å²) in [5, 5.41) is 14.7. The molecule has 0 bridgehead atoms. The number of anilines is 1. The second-order valence-electron chi connectivity index (χ2n) is 6.77. The number of ether oxygens (including phenoxy) is 1. The molecule has 1 aromatic carbocycles. The first-order valence-corrected chi connectivity index (χ1v) is 9.12. The van der Waals surface area contributed by atoms with E-state index in [1.54, 1.807) is 30.4 Å². The molecule has 1 aliphatic heterocycles. The first-order valence-electron chi connectivity index (χ1n) is 9.12. The normalized spacial score (nSPS) is 16.4. The number of urea groups is 1. The maximum Gasteiger partial charge on any atom is 0.322 e. The highest BCUT2D eigenvalue weighted by molar-refractivity contribution is 5.92. The van der Waals surface area contributed by atoms with E-state index >= 15 is 0 Å². The fourth-order valence-corrected chi connectivity index (χ4v) is 3.75. The lowest BCUT2D eigenvalue weighted by atomic mass is 10.0. The fourth-order valence-electron chi connectivity index (χ4n) is 3.75. The molecule has 9 heteroatoms. The Morgan fingerprint density at radius 1 is 1.29 bits per heavy atom. The minimum atomic E-state index is -0.179. The van der Waals surface area contributed by atoms with Gasteiger partial charge in [0, 0.05) is 12.1 Å². The van der Waals surface area contributed by atoms with Gasteiger partial charge in [0.25, 0.3) is 0 Å². The Hall–Kier alpha value is -3.36. The molecule has 0 radical (unpaired) electrons. The molecule has 1 aliphatic rings. The second-order valence-corrected chi connectivity index (χ2v) is 6.77. The molecule has 2 aromatic heterocycles. The van der Waals surface area contributed by atoms with E-state index < -0.39 is 0 Å². The lowest BCUT2D eigenvalue weighted by Crippen LogP contribution is -2.35. The van der Waals surface area contributed by atoms with Crippen molar-refractivity contribution in [1.82, 2.24) is 24.8 Å². The summed E-state index contributed by atoms with van der Waals surface area (Å²) in [4.78, 5) is 14.9. The van der Waals surface area contributed by atoms with Crippen molar-refractivity contribution in [1.29, 1.82) is 0 Å². The zero-order valence-electron chi connectivity index (χ0n) is 16.0. The lowest BCUT2D eigenvalue weighted by molar-refractivity contribution is 0.206. The highest BCUT2D eigenvalue weighted by atomic mass is 16.5. The van der Waals surface area contributed by atoms with Crippen LogP contribution < -0.4 is 10.1 Å². The van der Waals surface area contributed by atoms with Crippen molar-refractivity contribution in [2.24, 2.45) is 0 Å². The molecular weight excluding hydrogens is 360 g/mol. The molecule has 0 saturated carbocycles. The van der Waals surface area contributed by atoms with Crippen LogP contribution in [0.3, 0.4) is 0 Å². The van der Waals surface area contributed by atoms with Gasteiger partial charge >= 0.3 is 6.03 Å². The SMILES string of the molecule is COc1ccc(-n2cnnc2)cc1NC(=O)N1CCC[C@@H]1c1c(C)noc1C. The van der Waals surface area contributed by atoms with Crippen LogP contribution in [0.5, 0.6) is 5.75 Å². The molecule has 4 rings (SSSR count). The molecule has 146 valence electrons. The quantitative estimate of drug-likeness (QED) is 0.744. The zero-order chi connectivity index (χ0) is 19.7. The van der Waals surface area contributed by atoms with Crippen molar-refractivity contribution in [3.63, 3.8) is 0 Å². The van der Waals surface area contributed by atoms with Crippen LogP contribution in [0, 0.1) is 13.8 Å². The number of methoxy groups -OCH3 is 1. The number of nitrogens with one attached hydrogen (secondary N) is 1. The summed E-state index contributed by atoms with van der Waals surface area (Å²) in [7, 11) is 1.58. The molecule has 28 heavy (non-hydrogen) atoms. The van der Waals surface area contributed by atoms with Crippen molar-refractivity contribution >= 4 is 11.7 Å². The predicted octanol–water partition coefficient (Wildman–Crippen LogP) is 3.25. The number of hydrogen-bond acceptors (Lipinski definition) is 6. The topological polar surface area (TPSA) is 98.3 Å². The van der Waals surface area contributed by atoms with E-state index in [1.165, 1.54) is 0 Å². The van der Waals surface area contributed by atoms with Gasteiger partial charge in [-0.2, -0.15) is 0 Å². The minimum absolute atomic E-state index is 0.0433. The summed E-state index contributed by atoms with van der Waals surface area (Å²) in [6, 6.07) is 5.29. The standard InChI is InChI=1S/C19H22N6O3/c1-12-18(13(2)28-23-12)16-5-4-8-25(16)19(26)22-15-9-14(6-7-17(15)27-3)24-10-20-21-11-24/h6-7,9-11,16H,4-5,8H2,1-3H3,(H,22,26)/t16-/m1/s1. The van der Waals surface area contributed by atoms with Gasteiger partial charge in [0.15, 0.2) is 0 Å². The van der Waals surface area contributed by atoms with Crippen LogP contribution in [0.4, 0.5) is 10.5 Å². The summed E-state index contributed by atoms with van der Waals surface area (Å²) in [6.45, 7) is 4.47. The molecule has 1 N–H and O–H groups in total. The number of carbonyl (C=O) groups is 1. The monoisotopic (exact) mass is 382 g/mol. The molecule has 1 saturated heterocycles. The molecule has 0 unspecified atom stereocenters. The number of likely N-dealkylation sites (tertiary alicyclic amines) is 1. The maximum atomic E-state index is 13.1. The number of nitrogens with zero attached hydrogens (tertiary/aromatic N) is 5. The Labute approximate surface area is 162 Å². The van der Waals surface area contributed by atoms with E-state index in [2.05, 4.69) is 20.7 Å². The Kier molecular flexibility index (Phi) is 4.72. The van der Waals surface area contributed by atoms with E-state index in [1.807, 2.05) is 30.9 Å². The molecule has 0 spiro atoms. The van der Waals surface area contributed by atoms with Crippen molar-refractivity contribution in [2.75, 3.05) is 19.0 Å². The Morgan fingerprint density at radius 2 is 2.07 bits per heavy atom. The van der Waals surface area contributed by atoms with Crippen LogP contribution in [0.1, 0.15) is 35.9 Å². The highest BCUT2D eigenvalue weighted by Gasteiger charge is 2.34. The van der Waals surface area contributed by atoms with Gasteiger partial charge in [-0.3, -0.25) is 4.57 Å². The highest BCUT2D eigenvalue weighted by Crippen LogP contribution is 2.36. The smallest absolute Gasteiger partial charge is 0.322 e. The maximum absolute atomic E-state index is 13.1. The summed E-state index contributed by atoms with van der Waals surface area (Å²) in [5.74, 6) is 1.34. The van der Waals surface area contributed by atoms with Crippen molar-refractivity contribution in [2.45, 2.75) is 32.7 Å². The van der Waals surface area contributed by atoms with Crippen LogP contribution in [0.25, 0.3) is 5.69 Å². The second kappa shape index (κ2) is 7.34. The van der Waals surface area contributed by atoms with Crippen LogP contribution >= 0.6 is 0 Å². The summed E-state index contributed by atoms with van der Waals surface area (Å²) < 4.78 is 12.5. The number of aryl methyl sites for hydroxylation is 2. The molecule has 2 amide bonds. The van der Waals surface area contributed by atoms with Gasteiger partial charge in [0.05, 0.1) is 30.2 Å². The van der Waals surface area contributed by atoms with Gasteiger partial charge in [-0.1, -0.05) is 5.16 Å². The van der Waals surface area contributed by atoms with Gasteiger partial charge in [-0.25, -0.2) is 4.79 Å². The van der Waals surface area contributed by atoms with E-state index in [0.29, 0.717) is 18.0 Å². The number of rotatable bonds is 4. The van der Waals surface area contributed by atoms with E-state index in [4.69, 9.17) is 9.26 Å². The Balaban J connectivity index is 1.60. The first kappa shape index (κ1) is 18.0. The summed E-state index contributed by atoms with van der Waals surface area (Å²) >= 11 is 0. The van der Waals surface area contributed by atoms with Gasteiger partial charge < -0.3 is 19.5 Å². The molecule has 0 aliphatic carbocycles. The third-order valence-electron chi connectivity index (χ3n) is 5.08. The van der Waals surface area contributed by atoms with Crippen LogP contribution in [-0.2, 0) is 0 Å². The average molecular weight is 382 g/mol. The number of amides is 2. The molecule has 9 nitrogen and oxygen atoms in total. The Morgan fingerprint density at radius 3 is 2.75 bits per heavy atom. The molecule has 1 atom stereocenters. The Bertz CT molecular complexity index is 962. The largest absolute Gasteiger partial charge is 0.495 e. The predicted molar refractivity (Wildman–Crippen MR) is 102 cm³/mol. The van der Waals surface area contributed by atoms with Crippen LogP contribution in [0.15, 0.2) is 35.4 Å². The van der Waals surface area contributed by atoms with Gasteiger partial charge in [-0.15, -0.1) is 10.2 Å². The summed E-state index contributed by atoms with van der Waals surface area (Å²) in [5.41, 5.74) is 3.24. The van der Waals surface area contributed by atoms with E-state index in [9.17, 15) is 4.79 Å². The molecule has 1 fully saturated rings. The fraction of sp³-hybridized carbons (Fsp3) is 0.368. The van der Waals surface area contributed by atoms with E-state index in [-0.39, 0.29) is 12.1 Å². The number of carbonyl (C=O) groups excluding carboxylic acids is 1. The van der Waals surface area contributed by atoms with Gasteiger partial charge in [0.2, 0.25) is 0 Å². The molecular formula is C19H22N6O3. The number of aromatic nitrogens is 4.